The van der Waals surface area contributed by atoms with Gasteiger partial charge in [0.1, 0.15) is 5.82 Å². The summed E-state index contributed by atoms with van der Waals surface area (Å²) < 4.78 is 13.0. The van der Waals surface area contributed by atoms with Gasteiger partial charge in [-0.1, -0.05) is 17.7 Å². The Kier molecular flexibility index (Phi) is 4.59. The topological polar surface area (TPSA) is 54.0 Å². The first-order valence-electron chi connectivity index (χ1n) is 7.02. The van der Waals surface area contributed by atoms with Crippen molar-refractivity contribution in [3.8, 4) is 0 Å². The summed E-state index contributed by atoms with van der Waals surface area (Å²) in [6, 6.07) is 4.08. The number of amides is 2. The second-order valence-corrected chi connectivity index (χ2v) is 6.53. The maximum Gasteiger partial charge on any atom is 0.315 e. The molecule has 1 aromatic heterocycles. The summed E-state index contributed by atoms with van der Waals surface area (Å²) in [7, 11) is 0. The van der Waals surface area contributed by atoms with E-state index in [2.05, 4.69) is 15.6 Å². The summed E-state index contributed by atoms with van der Waals surface area (Å²) in [5, 5.41) is 8.65. The maximum atomic E-state index is 13.0. The average Bonchev–Trinajstić information content (AvgIpc) is 3.25. The fourth-order valence-electron chi connectivity index (χ4n) is 1.99. The van der Waals surface area contributed by atoms with Crippen LogP contribution in [0.15, 0.2) is 23.6 Å². The highest BCUT2D eigenvalue weighted by molar-refractivity contribution is 7.09. The number of carbonyl (C=O) groups is 1. The summed E-state index contributed by atoms with van der Waals surface area (Å²) in [6.45, 7) is 0.690. The Balaban J connectivity index is 1.44. The number of carbonyl (C=O) groups excluding carboxylic acids is 1. The SMILES string of the molecule is O=C(NCc1ccc(F)c(Cl)c1)NCc1csc(C2CC2)n1. The number of benzene rings is 1. The van der Waals surface area contributed by atoms with E-state index in [1.54, 1.807) is 17.4 Å². The Bertz CT molecular complexity index is 687. The highest BCUT2D eigenvalue weighted by Crippen LogP contribution is 2.41. The molecule has 1 heterocycles. The molecule has 22 heavy (non-hydrogen) atoms. The van der Waals surface area contributed by atoms with Crippen LogP contribution in [0.2, 0.25) is 5.02 Å². The second-order valence-electron chi connectivity index (χ2n) is 5.24. The van der Waals surface area contributed by atoms with Crippen molar-refractivity contribution in [3.05, 3.63) is 50.7 Å². The molecular formula is C15H15ClFN3OS. The number of rotatable bonds is 5. The van der Waals surface area contributed by atoms with Gasteiger partial charge in [-0.3, -0.25) is 0 Å². The van der Waals surface area contributed by atoms with E-state index in [4.69, 9.17) is 11.6 Å². The molecule has 116 valence electrons. The fourth-order valence-corrected chi connectivity index (χ4v) is 3.18. The Hall–Kier alpha value is -1.66. The molecule has 1 aliphatic rings. The molecule has 1 saturated carbocycles. The summed E-state index contributed by atoms with van der Waals surface area (Å²) in [5.74, 6) is 0.167. The van der Waals surface area contributed by atoms with E-state index in [9.17, 15) is 9.18 Å². The first kappa shape index (κ1) is 15.2. The lowest BCUT2D eigenvalue weighted by Crippen LogP contribution is -2.34. The van der Waals surface area contributed by atoms with Crippen molar-refractivity contribution in [2.75, 3.05) is 0 Å². The van der Waals surface area contributed by atoms with E-state index in [0.29, 0.717) is 12.5 Å². The van der Waals surface area contributed by atoms with Crippen molar-refractivity contribution in [3.63, 3.8) is 0 Å². The molecule has 0 aliphatic heterocycles. The molecule has 0 spiro atoms. The van der Waals surface area contributed by atoms with Gasteiger partial charge < -0.3 is 10.6 Å². The van der Waals surface area contributed by atoms with Gasteiger partial charge in [-0.2, -0.15) is 0 Å². The predicted molar refractivity (Wildman–Crippen MR) is 84.6 cm³/mol. The molecule has 1 fully saturated rings. The number of thiazole rings is 1. The molecule has 2 N–H and O–H groups in total. The van der Waals surface area contributed by atoms with Crippen molar-refractivity contribution >= 4 is 29.0 Å². The van der Waals surface area contributed by atoms with E-state index in [-0.39, 0.29) is 17.6 Å². The lowest BCUT2D eigenvalue weighted by atomic mass is 10.2. The minimum atomic E-state index is -0.468. The van der Waals surface area contributed by atoms with Crippen LogP contribution in [-0.2, 0) is 13.1 Å². The molecule has 3 rings (SSSR count). The van der Waals surface area contributed by atoms with Crippen LogP contribution in [-0.4, -0.2) is 11.0 Å². The van der Waals surface area contributed by atoms with Crippen LogP contribution >= 0.6 is 22.9 Å². The molecule has 2 aromatic rings. The van der Waals surface area contributed by atoms with Gasteiger partial charge >= 0.3 is 6.03 Å². The number of aromatic nitrogens is 1. The Labute approximate surface area is 136 Å². The quantitative estimate of drug-likeness (QED) is 0.870. The van der Waals surface area contributed by atoms with Gasteiger partial charge in [0, 0.05) is 17.8 Å². The molecular weight excluding hydrogens is 325 g/mol. The smallest absolute Gasteiger partial charge is 0.315 e. The standard InChI is InChI=1S/C15H15ClFN3OS/c16-12-5-9(1-4-13(12)17)6-18-15(21)19-7-11-8-22-14(20-11)10-2-3-10/h1,4-5,8,10H,2-3,6-7H2,(H2,18,19,21). The van der Waals surface area contributed by atoms with Crippen molar-refractivity contribution < 1.29 is 9.18 Å². The summed E-state index contributed by atoms with van der Waals surface area (Å²) in [6.07, 6.45) is 2.45. The third-order valence-electron chi connectivity index (χ3n) is 3.36. The monoisotopic (exact) mass is 339 g/mol. The summed E-state index contributed by atoms with van der Waals surface area (Å²) in [5.41, 5.74) is 1.62. The largest absolute Gasteiger partial charge is 0.334 e. The first-order chi connectivity index (χ1) is 10.6. The molecule has 0 bridgehead atoms. The van der Waals surface area contributed by atoms with Gasteiger partial charge in [0.2, 0.25) is 0 Å². The van der Waals surface area contributed by atoms with Gasteiger partial charge in [0.25, 0.3) is 0 Å². The van der Waals surface area contributed by atoms with E-state index < -0.39 is 5.82 Å². The van der Waals surface area contributed by atoms with Crippen LogP contribution in [0.1, 0.15) is 35.0 Å². The van der Waals surface area contributed by atoms with Crippen LogP contribution in [0.3, 0.4) is 0 Å². The molecule has 0 saturated heterocycles. The van der Waals surface area contributed by atoms with Gasteiger partial charge in [-0.05, 0) is 30.5 Å². The van der Waals surface area contributed by atoms with E-state index in [0.717, 1.165) is 16.3 Å². The molecule has 1 aromatic carbocycles. The van der Waals surface area contributed by atoms with E-state index in [1.807, 2.05) is 5.38 Å². The number of hydrogen-bond acceptors (Lipinski definition) is 3. The number of nitrogens with one attached hydrogen (secondary N) is 2. The molecule has 0 radical (unpaired) electrons. The highest BCUT2D eigenvalue weighted by Gasteiger charge is 2.26. The first-order valence-corrected chi connectivity index (χ1v) is 8.27. The Morgan fingerprint density at radius 2 is 2.14 bits per heavy atom. The minimum absolute atomic E-state index is 0.0507. The number of hydrogen-bond donors (Lipinski definition) is 2. The molecule has 0 unspecified atom stereocenters. The zero-order valence-electron chi connectivity index (χ0n) is 11.7. The highest BCUT2D eigenvalue weighted by atomic mass is 35.5. The van der Waals surface area contributed by atoms with Crippen molar-refractivity contribution in [2.45, 2.75) is 31.8 Å². The minimum Gasteiger partial charge on any atom is -0.334 e. The van der Waals surface area contributed by atoms with Gasteiger partial charge in [-0.15, -0.1) is 11.3 Å². The van der Waals surface area contributed by atoms with Crippen molar-refractivity contribution in [1.29, 1.82) is 0 Å². The molecule has 2 amide bonds. The van der Waals surface area contributed by atoms with E-state index in [1.165, 1.54) is 25.0 Å². The zero-order chi connectivity index (χ0) is 15.5. The van der Waals surface area contributed by atoms with Crippen LogP contribution in [0.25, 0.3) is 0 Å². The number of halogens is 2. The van der Waals surface area contributed by atoms with Gasteiger partial charge in [-0.25, -0.2) is 14.2 Å². The number of urea groups is 1. The van der Waals surface area contributed by atoms with Gasteiger partial charge in [0.15, 0.2) is 0 Å². The zero-order valence-corrected chi connectivity index (χ0v) is 13.3. The summed E-state index contributed by atoms with van der Waals surface area (Å²) in [4.78, 5) is 16.2. The second kappa shape index (κ2) is 6.62. The fraction of sp³-hybridized carbons (Fsp3) is 0.333. The summed E-state index contributed by atoms with van der Waals surface area (Å²) >= 11 is 7.34. The van der Waals surface area contributed by atoms with Crippen molar-refractivity contribution in [1.82, 2.24) is 15.6 Å². The molecule has 0 atom stereocenters. The Morgan fingerprint density at radius 1 is 1.36 bits per heavy atom. The normalized spacial score (nSPS) is 13.9. The van der Waals surface area contributed by atoms with Crippen LogP contribution in [0.5, 0.6) is 0 Å². The molecule has 7 heteroatoms. The van der Waals surface area contributed by atoms with Gasteiger partial charge in [0.05, 0.1) is 22.3 Å². The van der Waals surface area contributed by atoms with E-state index >= 15 is 0 Å². The third kappa shape index (κ3) is 3.96. The van der Waals surface area contributed by atoms with Crippen LogP contribution in [0, 0.1) is 5.82 Å². The van der Waals surface area contributed by atoms with Crippen molar-refractivity contribution in [2.24, 2.45) is 0 Å². The lowest BCUT2D eigenvalue weighted by Gasteiger charge is -2.07. The predicted octanol–water partition coefficient (Wildman–Crippen LogP) is 3.81. The maximum absolute atomic E-state index is 13.0. The number of nitrogens with zero attached hydrogens (tertiary/aromatic N) is 1. The molecule has 4 nitrogen and oxygen atoms in total. The molecule has 1 aliphatic carbocycles. The Morgan fingerprint density at radius 3 is 2.86 bits per heavy atom. The lowest BCUT2D eigenvalue weighted by molar-refractivity contribution is 0.240. The van der Waals surface area contributed by atoms with Crippen LogP contribution in [0.4, 0.5) is 9.18 Å². The third-order valence-corrected chi connectivity index (χ3v) is 4.71. The average molecular weight is 340 g/mol. The van der Waals surface area contributed by atoms with Crippen LogP contribution < -0.4 is 10.6 Å².